The molecule has 0 amide bonds. The molecule has 0 radical (unpaired) electrons. The Morgan fingerprint density at radius 1 is 1.24 bits per heavy atom. The molecular weight excluding hydrogens is 284 g/mol. The maximum absolute atomic E-state index is 13.3. The zero-order chi connectivity index (χ0) is 16.0. The molecule has 1 rings (SSSR count). The van der Waals surface area contributed by atoms with Gasteiger partial charge in [-0.3, -0.25) is 11.3 Å². The Balaban J connectivity index is 3.10. The van der Waals surface area contributed by atoms with Gasteiger partial charge in [-0.15, -0.1) is 0 Å². The van der Waals surface area contributed by atoms with Crippen LogP contribution in [0.25, 0.3) is 0 Å². The van der Waals surface area contributed by atoms with Gasteiger partial charge in [-0.2, -0.15) is 13.2 Å². The van der Waals surface area contributed by atoms with E-state index in [1.54, 1.807) is 0 Å². The van der Waals surface area contributed by atoms with Crippen molar-refractivity contribution in [3.8, 4) is 0 Å². The third-order valence-corrected chi connectivity index (χ3v) is 3.76. The van der Waals surface area contributed by atoms with Crippen molar-refractivity contribution in [1.29, 1.82) is 0 Å². The predicted molar refractivity (Wildman–Crippen MR) is 74.8 cm³/mol. The Morgan fingerprint density at radius 2 is 1.90 bits per heavy atom. The van der Waals surface area contributed by atoms with Crippen LogP contribution in [0.3, 0.4) is 0 Å². The van der Waals surface area contributed by atoms with Crippen LogP contribution in [0.15, 0.2) is 18.2 Å². The van der Waals surface area contributed by atoms with Gasteiger partial charge in [0.05, 0.1) is 5.56 Å². The molecule has 6 heteroatoms. The minimum atomic E-state index is -4.70. The van der Waals surface area contributed by atoms with Gasteiger partial charge in [0.25, 0.3) is 0 Å². The number of rotatable bonds is 7. The molecular formula is C15H22F4N2. The van der Waals surface area contributed by atoms with E-state index in [1.165, 1.54) is 6.07 Å². The molecule has 120 valence electrons. The summed E-state index contributed by atoms with van der Waals surface area (Å²) in [4.78, 5) is 0. The highest BCUT2D eigenvalue weighted by molar-refractivity contribution is 5.29. The summed E-state index contributed by atoms with van der Waals surface area (Å²) >= 11 is 0. The molecule has 21 heavy (non-hydrogen) atoms. The maximum atomic E-state index is 13.3. The van der Waals surface area contributed by atoms with Crippen LogP contribution in [-0.4, -0.2) is 0 Å². The molecule has 0 aliphatic carbocycles. The van der Waals surface area contributed by atoms with Crippen molar-refractivity contribution in [3.05, 3.63) is 35.1 Å². The van der Waals surface area contributed by atoms with Gasteiger partial charge in [0.15, 0.2) is 0 Å². The quantitative estimate of drug-likeness (QED) is 0.440. The second kappa shape index (κ2) is 7.75. The maximum Gasteiger partial charge on any atom is 0.419 e. The number of alkyl halides is 3. The van der Waals surface area contributed by atoms with Crippen molar-refractivity contribution in [2.75, 3.05) is 0 Å². The highest BCUT2D eigenvalue weighted by Gasteiger charge is 2.35. The molecule has 0 saturated carbocycles. The Hall–Kier alpha value is -1.14. The number of hydrogen-bond donors (Lipinski definition) is 2. The standard InChI is InChI=1S/C15H22F4N2/c1-3-5-6-10(4-2)14(21-20)11-7-8-13(16)12(9-11)15(17,18)19/h7-10,14,21H,3-6,20H2,1-2H3. The monoisotopic (exact) mass is 306 g/mol. The average molecular weight is 306 g/mol. The normalized spacial score (nSPS) is 15.0. The Bertz CT molecular complexity index is 446. The highest BCUT2D eigenvalue weighted by atomic mass is 19.4. The first-order valence-electron chi connectivity index (χ1n) is 7.17. The molecule has 3 N–H and O–H groups in total. The molecule has 0 aromatic heterocycles. The lowest BCUT2D eigenvalue weighted by molar-refractivity contribution is -0.140. The summed E-state index contributed by atoms with van der Waals surface area (Å²) in [6.07, 6.45) is -1.08. The predicted octanol–water partition coefficient (Wildman–Crippen LogP) is 4.57. The number of unbranched alkanes of at least 4 members (excludes halogenated alkanes) is 1. The first-order chi connectivity index (χ1) is 9.85. The van der Waals surface area contributed by atoms with E-state index in [0.29, 0.717) is 5.56 Å². The van der Waals surface area contributed by atoms with Gasteiger partial charge in [0.1, 0.15) is 5.82 Å². The van der Waals surface area contributed by atoms with Crippen molar-refractivity contribution in [2.45, 2.75) is 51.7 Å². The fourth-order valence-electron chi connectivity index (χ4n) is 2.53. The van der Waals surface area contributed by atoms with Crippen molar-refractivity contribution < 1.29 is 17.6 Å². The lowest BCUT2D eigenvalue weighted by atomic mass is 9.86. The zero-order valence-electron chi connectivity index (χ0n) is 12.3. The molecule has 1 aromatic rings. The van der Waals surface area contributed by atoms with E-state index in [1.807, 2.05) is 6.92 Å². The number of halogens is 4. The Kier molecular flexibility index (Phi) is 6.61. The van der Waals surface area contributed by atoms with Gasteiger partial charge in [-0.1, -0.05) is 39.2 Å². The molecule has 2 atom stereocenters. The molecule has 1 aromatic carbocycles. The molecule has 0 bridgehead atoms. The molecule has 0 heterocycles. The minimum absolute atomic E-state index is 0.112. The topological polar surface area (TPSA) is 38.0 Å². The van der Waals surface area contributed by atoms with E-state index in [2.05, 4.69) is 12.3 Å². The van der Waals surface area contributed by atoms with Crippen molar-refractivity contribution >= 4 is 0 Å². The van der Waals surface area contributed by atoms with Crippen molar-refractivity contribution in [1.82, 2.24) is 5.43 Å². The van der Waals surface area contributed by atoms with Gasteiger partial charge >= 0.3 is 6.18 Å². The third-order valence-electron chi connectivity index (χ3n) is 3.76. The lowest BCUT2D eigenvalue weighted by Crippen LogP contribution is -2.33. The number of nitrogens with one attached hydrogen (secondary N) is 1. The summed E-state index contributed by atoms with van der Waals surface area (Å²) in [6, 6.07) is 2.66. The zero-order valence-corrected chi connectivity index (χ0v) is 12.3. The second-order valence-electron chi connectivity index (χ2n) is 5.19. The molecule has 0 aliphatic heterocycles. The Morgan fingerprint density at radius 3 is 2.38 bits per heavy atom. The third kappa shape index (κ3) is 4.68. The average Bonchev–Trinajstić information content (AvgIpc) is 2.43. The first-order valence-corrected chi connectivity index (χ1v) is 7.17. The summed E-state index contributed by atoms with van der Waals surface area (Å²) in [5.41, 5.74) is 1.71. The number of hydrogen-bond acceptors (Lipinski definition) is 2. The lowest BCUT2D eigenvalue weighted by Gasteiger charge is -2.26. The molecule has 0 saturated heterocycles. The number of benzene rings is 1. The SMILES string of the molecule is CCCCC(CC)C(NN)c1ccc(F)c(C(F)(F)F)c1. The fourth-order valence-corrected chi connectivity index (χ4v) is 2.53. The summed E-state index contributed by atoms with van der Waals surface area (Å²) in [5.74, 6) is 4.38. The van der Waals surface area contributed by atoms with Crippen LogP contribution in [0.5, 0.6) is 0 Å². The number of nitrogens with two attached hydrogens (primary N) is 1. The minimum Gasteiger partial charge on any atom is -0.271 e. The molecule has 2 nitrogen and oxygen atoms in total. The molecule has 2 unspecified atom stereocenters. The van der Waals surface area contributed by atoms with Gasteiger partial charge in [0.2, 0.25) is 0 Å². The summed E-state index contributed by atoms with van der Waals surface area (Å²) in [5, 5.41) is 0. The number of hydrazine groups is 1. The smallest absolute Gasteiger partial charge is 0.271 e. The van der Waals surface area contributed by atoms with Crippen LogP contribution in [0.4, 0.5) is 17.6 Å². The first kappa shape index (κ1) is 17.9. The van der Waals surface area contributed by atoms with E-state index < -0.39 is 23.6 Å². The Labute approximate surface area is 122 Å². The van der Waals surface area contributed by atoms with Gasteiger partial charge in [0, 0.05) is 6.04 Å². The van der Waals surface area contributed by atoms with Crippen molar-refractivity contribution in [2.24, 2.45) is 11.8 Å². The van der Waals surface area contributed by atoms with Crippen LogP contribution in [-0.2, 0) is 6.18 Å². The van der Waals surface area contributed by atoms with Crippen LogP contribution in [0.1, 0.15) is 56.7 Å². The van der Waals surface area contributed by atoms with Crippen LogP contribution in [0.2, 0.25) is 0 Å². The van der Waals surface area contributed by atoms with Crippen molar-refractivity contribution in [3.63, 3.8) is 0 Å². The van der Waals surface area contributed by atoms with Gasteiger partial charge in [-0.05, 0) is 30.0 Å². The van der Waals surface area contributed by atoms with E-state index in [4.69, 9.17) is 5.84 Å². The van der Waals surface area contributed by atoms with E-state index in [-0.39, 0.29) is 5.92 Å². The summed E-state index contributed by atoms with van der Waals surface area (Å²) in [6.45, 7) is 4.02. The van der Waals surface area contributed by atoms with Gasteiger partial charge in [-0.25, -0.2) is 4.39 Å². The van der Waals surface area contributed by atoms with Crippen LogP contribution >= 0.6 is 0 Å². The second-order valence-corrected chi connectivity index (χ2v) is 5.19. The van der Waals surface area contributed by atoms with Crippen LogP contribution < -0.4 is 11.3 Å². The highest BCUT2D eigenvalue weighted by Crippen LogP contribution is 2.35. The fraction of sp³-hybridized carbons (Fsp3) is 0.600. The van der Waals surface area contributed by atoms with Crippen LogP contribution in [0, 0.1) is 11.7 Å². The molecule has 0 spiro atoms. The van der Waals surface area contributed by atoms with E-state index >= 15 is 0 Å². The molecule has 0 fully saturated rings. The summed E-state index contributed by atoms with van der Waals surface area (Å²) < 4.78 is 51.7. The molecule has 0 aliphatic rings. The van der Waals surface area contributed by atoms with E-state index in [0.717, 1.165) is 37.8 Å². The summed E-state index contributed by atoms with van der Waals surface area (Å²) in [7, 11) is 0. The van der Waals surface area contributed by atoms with Gasteiger partial charge < -0.3 is 0 Å². The largest absolute Gasteiger partial charge is 0.419 e. The van der Waals surface area contributed by atoms with E-state index in [9.17, 15) is 17.6 Å².